The van der Waals surface area contributed by atoms with Gasteiger partial charge in [-0.2, -0.15) is 0 Å². The molecule has 3 heteroatoms. The van der Waals surface area contributed by atoms with Crippen molar-refractivity contribution in [1.82, 2.24) is 5.32 Å². The lowest BCUT2D eigenvalue weighted by atomic mass is 10.2. The molecule has 0 aliphatic heterocycles. The van der Waals surface area contributed by atoms with Crippen LogP contribution in [-0.2, 0) is 0 Å². The van der Waals surface area contributed by atoms with Gasteiger partial charge in [0.1, 0.15) is 5.82 Å². The standard InChI is InChI=1S/C13H18FNS/c1-2-15-12-4-3-5-13(12)16-11-8-6-10(14)7-9-11/h6-9,12-13,15H,2-5H2,1H3. The lowest BCUT2D eigenvalue weighted by Gasteiger charge is -2.19. The molecular formula is C13H18FNS. The zero-order valence-corrected chi connectivity index (χ0v) is 10.4. The molecule has 16 heavy (non-hydrogen) atoms. The second-order valence-corrected chi connectivity index (χ2v) is 5.52. The predicted molar refractivity (Wildman–Crippen MR) is 67.4 cm³/mol. The van der Waals surface area contributed by atoms with Gasteiger partial charge in [0.05, 0.1) is 0 Å². The Bertz CT molecular complexity index is 325. The highest BCUT2D eigenvalue weighted by molar-refractivity contribution is 8.00. The fourth-order valence-corrected chi connectivity index (χ4v) is 3.57. The normalized spacial score (nSPS) is 24.9. The topological polar surface area (TPSA) is 12.0 Å². The summed E-state index contributed by atoms with van der Waals surface area (Å²) in [6.07, 6.45) is 3.84. The van der Waals surface area contributed by atoms with Crippen molar-refractivity contribution in [3.63, 3.8) is 0 Å². The maximum Gasteiger partial charge on any atom is 0.123 e. The SMILES string of the molecule is CCNC1CCCC1Sc1ccc(F)cc1. The molecule has 0 saturated heterocycles. The Morgan fingerprint density at radius 3 is 2.75 bits per heavy atom. The van der Waals surface area contributed by atoms with E-state index in [1.54, 1.807) is 12.1 Å². The number of nitrogens with one attached hydrogen (secondary N) is 1. The highest BCUT2D eigenvalue weighted by atomic mass is 32.2. The first kappa shape index (κ1) is 11.9. The van der Waals surface area contributed by atoms with E-state index >= 15 is 0 Å². The van der Waals surface area contributed by atoms with E-state index in [-0.39, 0.29) is 5.82 Å². The van der Waals surface area contributed by atoms with Gasteiger partial charge >= 0.3 is 0 Å². The van der Waals surface area contributed by atoms with Gasteiger partial charge in [-0.15, -0.1) is 11.8 Å². The second-order valence-electron chi connectivity index (χ2n) is 4.21. The zero-order chi connectivity index (χ0) is 11.4. The van der Waals surface area contributed by atoms with Crippen molar-refractivity contribution in [2.75, 3.05) is 6.54 Å². The molecule has 0 amide bonds. The summed E-state index contributed by atoms with van der Waals surface area (Å²) in [7, 11) is 0. The molecule has 1 aromatic carbocycles. The molecule has 1 saturated carbocycles. The lowest BCUT2D eigenvalue weighted by molar-refractivity contribution is 0.551. The van der Waals surface area contributed by atoms with Crippen LogP contribution in [0.5, 0.6) is 0 Å². The smallest absolute Gasteiger partial charge is 0.123 e. The molecule has 1 aliphatic carbocycles. The second kappa shape index (κ2) is 5.69. The molecule has 1 nitrogen and oxygen atoms in total. The fraction of sp³-hybridized carbons (Fsp3) is 0.538. The summed E-state index contributed by atoms with van der Waals surface area (Å²) in [5, 5.41) is 4.18. The number of thioether (sulfide) groups is 1. The predicted octanol–water partition coefficient (Wildman–Crippen LogP) is 3.45. The summed E-state index contributed by atoms with van der Waals surface area (Å²) >= 11 is 1.88. The number of hydrogen-bond acceptors (Lipinski definition) is 2. The van der Waals surface area contributed by atoms with Gasteiger partial charge in [-0.05, 0) is 43.7 Å². The average Bonchev–Trinajstić information content (AvgIpc) is 2.70. The summed E-state index contributed by atoms with van der Waals surface area (Å²) in [6.45, 7) is 3.18. The molecule has 0 spiro atoms. The van der Waals surface area contributed by atoms with Crippen LogP contribution in [-0.4, -0.2) is 17.8 Å². The van der Waals surface area contributed by atoms with E-state index in [4.69, 9.17) is 0 Å². The van der Waals surface area contributed by atoms with Crippen molar-refractivity contribution in [2.24, 2.45) is 0 Å². The van der Waals surface area contributed by atoms with Crippen molar-refractivity contribution in [2.45, 2.75) is 42.4 Å². The van der Waals surface area contributed by atoms with Gasteiger partial charge < -0.3 is 5.32 Å². The van der Waals surface area contributed by atoms with Crippen LogP contribution in [0.3, 0.4) is 0 Å². The first-order valence-corrected chi connectivity index (χ1v) is 6.83. The van der Waals surface area contributed by atoms with Gasteiger partial charge in [0.25, 0.3) is 0 Å². The molecule has 0 radical (unpaired) electrons. The molecule has 0 heterocycles. The van der Waals surface area contributed by atoms with Crippen molar-refractivity contribution >= 4 is 11.8 Å². The van der Waals surface area contributed by atoms with E-state index in [9.17, 15) is 4.39 Å². The van der Waals surface area contributed by atoms with E-state index < -0.39 is 0 Å². The third-order valence-corrected chi connectivity index (χ3v) is 4.43. The van der Waals surface area contributed by atoms with Crippen molar-refractivity contribution in [3.05, 3.63) is 30.1 Å². The van der Waals surface area contributed by atoms with Crippen LogP contribution in [0.2, 0.25) is 0 Å². The van der Waals surface area contributed by atoms with Crippen LogP contribution >= 0.6 is 11.8 Å². The number of rotatable bonds is 4. The lowest BCUT2D eigenvalue weighted by Crippen LogP contribution is -2.33. The van der Waals surface area contributed by atoms with Crippen molar-refractivity contribution < 1.29 is 4.39 Å². The Morgan fingerprint density at radius 1 is 1.31 bits per heavy atom. The maximum absolute atomic E-state index is 12.8. The Hall–Kier alpha value is -0.540. The van der Waals surface area contributed by atoms with E-state index in [0.29, 0.717) is 11.3 Å². The summed E-state index contributed by atoms with van der Waals surface area (Å²) in [6, 6.07) is 7.46. The van der Waals surface area contributed by atoms with Gasteiger partial charge in [-0.1, -0.05) is 13.3 Å². The average molecular weight is 239 g/mol. The monoisotopic (exact) mass is 239 g/mol. The molecule has 0 bridgehead atoms. The van der Waals surface area contributed by atoms with E-state index in [1.165, 1.54) is 24.2 Å². The van der Waals surface area contributed by atoms with Gasteiger partial charge in [-0.3, -0.25) is 0 Å². The molecule has 2 rings (SSSR count). The minimum Gasteiger partial charge on any atom is -0.313 e. The van der Waals surface area contributed by atoms with Gasteiger partial charge in [-0.25, -0.2) is 4.39 Å². The quantitative estimate of drug-likeness (QED) is 0.863. The molecule has 2 unspecified atom stereocenters. The summed E-state index contributed by atoms with van der Waals surface area (Å²) < 4.78 is 12.8. The number of halogens is 1. The molecule has 88 valence electrons. The highest BCUT2D eigenvalue weighted by Crippen LogP contribution is 2.34. The third kappa shape index (κ3) is 2.98. The first-order valence-electron chi connectivity index (χ1n) is 5.95. The maximum atomic E-state index is 12.8. The largest absolute Gasteiger partial charge is 0.313 e. The Labute approximate surface area is 101 Å². The summed E-state index contributed by atoms with van der Waals surface area (Å²) in [5.41, 5.74) is 0. The van der Waals surface area contributed by atoms with Crippen molar-refractivity contribution in [1.29, 1.82) is 0 Å². The molecule has 1 fully saturated rings. The third-order valence-electron chi connectivity index (χ3n) is 3.02. The number of hydrogen-bond donors (Lipinski definition) is 1. The minimum atomic E-state index is -0.154. The molecule has 1 aliphatic rings. The van der Waals surface area contributed by atoms with Gasteiger partial charge in [0.2, 0.25) is 0 Å². The molecule has 2 atom stereocenters. The van der Waals surface area contributed by atoms with Gasteiger partial charge in [0, 0.05) is 16.2 Å². The minimum absolute atomic E-state index is 0.154. The molecule has 0 aromatic heterocycles. The Balaban J connectivity index is 1.95. The fourth-order valence-electron chi connectivity index (χ4n) is 2.25. The number of benzene rings is 1. The van der Waals surface area contributed by atoms with Crippen LogP contribution in [0.1, 0.15) is 26.2 Å². The van der Waals surface area contributed by atoms with E-state index in [2.05, 4.69) is 12.2 Å². The summed E-state index contributed by atoms with van der Waals surface area (Å²) in [5.74, 6) is -0.154. The summed E-state index contributed by atoms with van der Waals surface area (Å²) in [4.78, 5) is 1.18. The van der Waals surface area contributed by atoms with Crippen molar-refractivity contribution in [3.8, 4) is 0 Å². The van der Waals surface area contributed by atoms with Crippen LogP contribution in [0, 0.1) is 5.82 Å². The van der Waals surface area contributed by atoms with Crippen LogP contribution in [0.15, 0.2) is 29.2 Å². The highest BCUT2D eigenvalue weighted by Gasteiger charge is 2.26. The van der Waals surface area contributed by atoms with E-state index in [1.807, 2.05) is 23.9 Å². The van der Waals surface area contributed by atoms with Crippen LogP contribution in [0.25, 0.3) is 0 Å². The molecule has 1 aromatic rings. The molecule has 1 N–H and O–H groups in total. The van der Waals surface area contributed by atoms with Gasteiger partial charge in [0.15, 0.2) is 0 Å². The van der Waals surface area contributed by atoms with Crippen LogP contribution in [0.4, 0.5) is 4.39 Å². The zero-order valence-electron chi connectivity index (χ0n) is 9.58. The van der Waals surface area contributed by atoms with E-state index in [0.717, 1.165) is 6.54 Å². The Kier molecular flexibility index (Phi) is 4.24. The Morgan fingerprint density at radius 2 is 2.06 bits per heavy atom. The van der Waals surface area contributed by atoms with Crippen LogP contribution < -0.4 is 5.32 Å². The first-order chi connectivity index (χ1) is 7.79. The molecular weight excluding hydrogens is 221 g/mol.